The molecule has 0 aromatic carbocycles. The molecule has 0 saturated heterocycles. The zero-order valence-electron chi connectivity index (χ0n) is 12.4. The van der Waals surface area contributed by atoms with Gasteiger partial charge in [-0.3, -0.25) is 4.98 Å². The van der Waals surface area contributed by atoms with Crippen molar-refractivity contribution in [2.45, 2.75) is 59.4 Å². The van der Waals surface area contributed by atoms with Crippen LogP contribution in [0.1, 0.15) is 63.8 Å². The van der Waals surface area contributed by atoms with Crippen molar-refractivity contribution in [2.24, 2.45) is 5.92 Å². The lowest BCUT2D eigenvalue weighted by atomic mass is 9.92. The van der Waals surface area contributed by atoms with Gasteiger partial charge in [-0.1, -0.05) is 39.7 Å². The molecule has 0 aliphatic carbocycles. The third-order valence-corrected chi connectivity index (χ3v) is 3.74. The molecule has 1 rings (SSSR count). The minimum absolute atomic E-state index is 0.413. The molecule has 0 bridgehead atoms. The Hall–Kier alpha value is -0.890. The van der Waals surface area contributed by atoms with Gasteiger partial charge in [0, 0.05) is 6.20 Å². The van der Waals surface area contributed by atoms with Crippen LogP contribution < -0.4 is 5.32 Å². The van der Waals surface area contributed by atoms with Crippen molar-refractivity contribution in [1.82, 2.24) is 10.3 Å². The zero-order chi connectivity index (χ0) is 13.4. The zero-order valence-corrected chi connectivity index (χ0v) is 12.4. The molecular weight excluding hydrogens is 220 g/mol. The van der Waals surface area contributed by atoms with Crippen LogP contribution in [0.25, 0.3) is 0 Å². The molecule has 2 nitrogen and oxygen atoms in total. The second-order valence-electron chi connectivity index (χ2n) is 5.13. The highest BCUT2D eigenvalue weighted by atomic mass is 14.9. The van der Waals surface area contributed by atoms with Crippen molar-refractivity contribution >= 4 is 0 Å². The van der Waals surface area contributed by atoms with Gasteiger partial charge in [0.05, 0.1) is 11.7 Å². The fraction of sp³-hybridized carbons (Fsp3) is 0.688. The standard InChI is InChI=1S/C16H28N2/c1-5-10-17-15(12-14(6-2)7-3)16-13(4)9-8-11-18-16/h8-9,11,14-15,17H,5-7,10,12H2,1-4H3. The molecule has 1 unspecified atom stereocenters. The van der Waals surface area contributed by atoms with E-state index in [1.807, 2.05) is 12.3 Å². The third kappa shape index (κ3) is 4.41. The summed E-state index contributed by atoms with van der Waals surface area (Å²) in [6.45, 7) is 10.0. The Labute approximate surface area is 112 Å². The molecule has 1 atom stereocenters. The second kappa shape index (κ2) is 8.25. The highest BCUT2D eigenvalue weighted by molar-refractivity contribution is 5.21. The van der Waals surface area contributed by atoms with Crippen LogP contribution in [0, 0.1) is 12.8 Å². The maximum Gasteiger partial charge on any atom is 0.0602 e. The first kappa shape index (κ1) is 15.2. The number of rotatable bonds is 8. The largest absolute Gasteiger partial charge is 0.309 e. The minimum Gasteiger partial charge on any atom is -0.309 e. The maximum atomic E-state index is 4.59. The first-order valence-electron chi connectivity index (χ1n) is 7.37. The molecule has 0 saturated carbocycles. The normalized spacial score (nSPS) is 12.9. The Balaban J connectivity index is 2.80. The number of aryl methyl sites for hydroxylation is 1. The molecule has 2 heteroatoms. The molecule has 0 aliphatic heterocycles. The van der Waals surface area contributed by atoms with E-state index in [2.05, 4.69) is 44.1 Å². The number of hydrogen-bond donors (Lipinski definition) is 1. The fourth-order valence-electron chi connectivity index (χ4n) is 2.43. The Kier molecular flexibility index (Phi) is 6.96. The van der Waals surface area contributed by atoms with E-state index in [-0.39, 0.29) is 0 Å². The monoisotopic (exact) mass is 248 g/mol. The number of nitrogens with zero attached hydrogens (tertiary/aromatic N) is 1. The lowest BCUT2D eigenvalue weighted by Gasteiger charge is -2.24. The summed E-state index contributed by atoms with van der Waals surface area (Å²) in [7, 11) is 0. The predicted octanol–water partition coefficient (Wildman–Crippen LogP) is 4.26. The van der Waals surface area contributed by atoms with Crippen LogP contribution >= 0.6 is 0 Å². The van der Waals surface area contributed by atoms with Gasteiger partial charge >= 0.3 is 0 Å². The molecule has 1 heterocycles. The van der Waals surface area contributed by atoms with E-state index in [0.717, 1.165) is 12.5 Å². The van der Waals surface area contributed by atoms with Crippen LogP contribution in [0.5, 0.6) is 0 Å². The van der Waals surface area contributed by atoms with Gasteiger partial charge < -0.3 is 5.32 Å². The summed E-state index contributed by atoms with van der Waals surface area (Å²) in [4.78, 5) is 4.59. The molecule has 1 aromatic rings. The summed E-state index contributed by atoms with van der Waals surface area (Å²) >= 11 is 0. The van der Waals surface area contributed by atoms with Gasteiger partial charge in [-0.25, -0.2) is 0 Å². The van der Waals surface area contributed by atoms with Crippen LogP contribution in [0.2, 0.25) is 0 Å². The molecule has 0 amide bonds. The van der Waals surface area contributed by atoms with Crippen molar-refractivity contribution in [3.8, 4) is 0 Å². The van der Waals surface area contributed by atoms with E-state index >= 15 is 0 Å². The molecule has 0 spiro atoms. The molecule has 0 radical (unpaired) electrons. The highest BCUT2D eigenvalue weighted by Crippen LogP contribution is 2.25. The van der Waals surface area contributed by atoms with Crippen molar-refractivity contribution < 1.29 is 0 Å². The van der Waals surface area contributed by atoms with Gasteiger partial charge in [-0.05, 0) is 43.9 Å². The molecule has 102 valence electrons. The average Bonchev–Trinajstić information content (AvgIpc) is 2.40. The Bertz CT molecular complexity index is 332. The predicted molar refractivity (Wildman–Crippen MR) is 78.7 cm³/mol. The molecule has 1 aromatic heterocycles. The van der Waals surface area contributed by atoms with E-state index in [4.69, 9.17) is 0 Å². The topological polar surface area (TPSA) is 24.9 Å². The van der Waals surface area contributed by atoms with Crippen LogP contribution in [0.4, 0.5) is 0 Å². The summed E-state index contributed by atoms with van der Waals surface area (Å²) in [5, 5.41) is 3.66. The molecule has 0 fully saturated rings. The van der Waals surface area contributed by atoms with E-state index in [1.165, 1.54) is 36.9 Å². The minimum atomic E-state index is 0.413. The summed E-state index contributed by atoms with van der Waals surface area (Å²) in [6, 6.07) is 4.60. The highest BCUT2D eigenvalue weighted by Gasteiger charge is 2.18. The fourth-order valence-corrected chi connectivity index (χ4v) is 2.43. The van der Waals surface area contributed by atoms with Crippen LogP contribution in [0.15, 0.2) is 18.3 Å². The van der Waals surface area contributed by atoms with Gasteiger partial charge in [0.25, 0.3) is 0 Å². The van der Waals surface area contributed by atoms with Crippen molar-refractivity contribution in [2.75, 3.05) is 6.54 Å². The second-order valence-corrected chi connectivity index (χ2v) is 5.13. The summed E-state index contributed by atoms with van der Waals surface area (Å²) in [5.41, 5.74) is 2.54. The van der Waals surface area contributed by atoms with Crippen LogP contribution in [-0.4, -0.2) is 11.5 Å². The van der Waals surface area contributed by atoms with E-state index in [0.29, 0.717) is 6.04 Å². The SMILES string of the molecule is CCCNC(CC(CC)CC)c1ncccc1C. The first-order valence-corrected chi connectivity index (χ1v) is 7.37. The molecule has 0 aliphatic rings. The molecule has 18 heavy (non-hydrogen) atoms. The Morgan fingerprint density at radius 1 is 1.22 bits per heavy atom. The van der Waals surface area contributed by atoms with Crippen molar-refractivity contribution in [3.63, 3.8) is 0 Å². The van der Waals surface area contributed by atoms with E-state index in [9.17, 15) is 0 Å². The van der Waals surface area contributed by atoms with E-state index < -0.39 is 0 Å². The van der Waals surface area contributed by atoms with Gasteiger partial charge in [-0.15, -0.1) is 0 Å². The lowest BCUT2D eigenvalue weighted by molar-refractivity contribution is 0.366. The summed E-state index contributed by atoms with van der Waals surface area (Å²) in [6.07, 6.45) is 6.80. The molecule has 1 N–H and O–H groups in total. The third-order valence-electron chi connectivity index (χ3n) is 3.74. The van der Waals surface area contributed by atoms with Crippen LogP contribution in [-0.2, 0) is 0 Å². The van der Waals surface area contributed by atoms with Crippen LogP contribution in [0.3, 0.4) is 0 Å². The maximum absolute atomic E-state index is 4.59. The summed E-state index contributed by atoms with van der Waals surface area (Å²) < 4.78 is 0. The van der Waals surface area contributed by atoms with Gasteiger partial charge in [-0.2, -0.15) is 0 Å². The number of nitrogens with one attached hydrogen (secondary N) is 1. The number of pyridine rings is 1. The molecular formula is C16H28N2. The van der Waals surface area contributed by atoms with E-state index in [1.54, 1.807) is 0 Å². The first-order chi connectivity index (χ1) is 8.72. The van der Waals surface area contributed by atoms with Gasteiger partial charge in [0.2, 0.25) is 0 Å². The Morgan fingerprint density at radius 2 is 1.94 bits per heavy atom. The van der Waals surface area contributed by atoms with Gasteiger partial charge in [0.15, 0.2) is 0 Å². The van der Waals surface area contributed by atoms with Gasteiger partial charge in [0.1, 0.15) is 0 Å². The van der Waals surface area contributed by atoms with Crippen molar-refractivity contribution in [1.29, 1.82) is 0 Å². The average molecular weight is 248 g/mol. The lowest BCUT2D eigenvalue weighted by Crippen LogP contribution is -2.26. The Morgan fingerprint density at radius 3 is 2.50 bits per heavy atom. The quantitative estimate of drug-likeness (QED) is 0.743. The smallest absolute Gasteiger partial charge is 0.0602 e. The van der Waals surface area contributed by atoms with Crippen molar-refractivity contribution in [3.05, 3.63) is 29.6 Å². The number of hydrogen-bond acceptors (Lipinski definition) is 2. The number of aromatic nitrogens is 1. The summed E-state index contributed by atoms with van der Waals surface area (Å²) in [5.74, 6) is 0.792.